The predicted octanol–water partition coefficient (Wildman–Crippen LogP) is 2.72. The average Bonchev–Trinajstić information content (AvgIpc) is 1.85. The second kappa shape index (κ2) is 3.30. The van der Waals surface area contributed by atoms with Crippen molar-refractivity contribution in [3.63, 3.8) is 0 Å². The zero-order chi connectivity index (χ0) is 7.56. The summed E-state index contributed by atoms with van der Waals surface area (Å²) in [5.41, 5.74) is 0.536. The van der Waals surface area contributed by atoms with Crippen molar-refractivity contribution in [1.29, 1.82) is 0 Å². The molecule has 0 spiro atoms. The van der Waals surface area contributed by atoms with Gasteiger partial charge in [0.2, 0.25) is 5.95 Å². The summed E-state index contributed by atoms with van der Waals surface area (Å²) in [5.74, 6) is -0.277. The third kappa shape index (κ3) is 1.92. The molecule has 54 valence electrons. The Morgan fingerprint density at radius 2 is 2.30 bits per heavy atom. The van der Waals surface area contributed by atoms with E-state index in [-0.39, 0.29) is 5.88 Å². The fraction of sp³-hybridized carbons (Fsp3) is 0.167. The lowest BCUT2D eigenvalue weighted by molar-refractivity contribution is 0.578. The maximum atomic E-state index is 12.4. The third-order valence-corrected chi connectivity index (χ3v) is 1.68. The van der Waals surface area contributed by atoms with Crippen molar-refractivity contribution in [2.24, 2.45) is 0 Å². The van der Waals surface area contributed by atoms with Crippen LogP contribution in [0.4, 0.5) is 4.39 Å². The standard InChI is InChI=1S/C6H4BrClFN/c7-4-1-5(3-8)10-6(9)2-4/h1-2H,3H2. The molecule has 0 bridgehead atoms. The monoisotopic (exact) mass is 223 g/mol. The molecule has 0 aliphatic heterocycles. The lowest BCUT2D eigenvalue weighted by Gasteiger charge is -1.94. The zero-order valence-corrected chi connectivity index (χ0v) is 7.28. The van der Waals surface area contributed by atoms with Crippen molar-refractivity contribution < 1.29 is 4.39 Å². The molecule has 0 fully saturated rings. The number of rotatable bonds is 1. The molecular formula is C6H4BrClFN. The van der Waals surface area contributed by atoms with Crippen LogP contribution < -0.4 is 0 Å². The molecule has 0 radical (unpaired) electrons. The van der Waals surface area contributed by atoms with Gasteiger partial charge in [-0.05, 0) is 6.07 Å². The van der Waals surface area contributed by atoms with Gasteiger partial charge in [0.15, 0.2) is 0 Å². The van der Waals surface area contributed by atoms with Crippen molar-refractivity contribution in [1.82, 2.24) is 4.98 Å². The van der Waals surface area contributed by atoms with Gasteiger partial charge in [0.1, 0.15) is 0 Å². The van der Waals surface area contributed by atoms with Crippen molar-refractivity contribution in [2.45, 2.75) is 5.88 Å². The minimum absolute atomic E-state index is 0.232. The van der Waals surface area contributed by atoms with Crippen LogP contribution in [0.5, 0.6) is 0 Å². The molecule has 0 aliphatic carbocycles. The molecule has 1 heterocycles. The van der Waals surface area contributed by atoms with E-state index in [1.807, 2.05) is 0 Å². The predicted molar refractivity (Wildman–Crippen MR) is 41.5 cm³/mol. The second-order valence-electron chi connectivity index (χ2n) is 1.73. The Hall–Kier alpha value is -0.150. The van der Waals surface area contributed by atoms with Gasteiger partial charge >= 0.3 is 0 Å². The van der Waals surface area contributed by atoms with Crippen molar-refractivity contribution in [2.75, 3.05) is 0 Å². The number of pyridine rings is 1. The quantitative estimate of drug-likeness (QED) is 0.528. The highest BCUT2D eigenvalue weighted by Gasteiger charge is 1.97. The molecule has 1 aromatic rings. The molecule has 0 atom stereocenters. The Bertz CT molecular complexity index is 221. The van der Waals surface area contributed by atoms with Gasteiger partial charge in [-0.25, -0.2) is 4.98 Å². The Morgan fingerprint density at radius 1 is 1.60 bits per heavy atom. The van der Waals surface area contributed by atoms with E-state index in [1.54, 1.807) is 6.07 Å². The Morgan fingerprint density at radius 3 is 2.80 bits per heavy atom. The van der Waals surface area contributed by atoms with Gasteiger partial charge in [0, 0.05) is 10.5 Å². The minimum atomic E-state index is -0.509. The van der Waals surface area contributed by atoms with Gasteiger partial charge in [-0.3, -0.25) is 0 Å². The summed E-state index contributed by atoms with van der Waals surface area (Å²) in [6.45, 7) is 0. The van der Waals surface area contributed by atoms with Crippen LogP contribution >= 0.6 is 27.5 Å². The lowest BCUT2D eigenvalue weighted by atomic mass is 10.4. The molecule has 0 aliphatic rings. The first-order chi connectivity index (χ1) is 4.72. The highest BCUT2D eigenvalue weighted by atomic mass is 79.9. The molecule has 0 saturated carbocycles. The van der Waals surface area contributed by atoms with Crippen LogP contribution in [0.25, 0.3) is 0 Å². The minimum Gasteiger partial charge on any atom is -0.223 e. The van der Waals surface area contributed by atoms with Crippen molar-refractivity contribution in [3.8, 4) is 0 Å². The zero-order valence-electron chi connectivity index (χ0n) is 4.94. The third-order valence-electron chi connectivity index (χ3n) is 0.949. The molecule has 1 aromatic heterocycles. The van der Waals surface area contributed by atoms with E-state index in [9.17, 15) is 4.39 Å². The molecule has 0 saturated heterocycles. The van der Waals surface area contributed by atoms with Crippen molar-refractivity contribution in [3.05, 3.63) is 28.2 Å². The highest BCUT2D eigenvalue weighted by Crippen LogP contribution is 2.12. The van der Waals surface area contributed by atoms with Gasteiger partial charge in [-0.2, -0.15) is 4.39 Å². The number of aromatic nitrogens is 1. The molecule has 10 heavy (non-hydrogen) atoms. The van der Waals surface area contributed by atoms with Crippen LogP contribution in [-0.4, -0.2) is 4.98 Å². The normalized spacial score (nSPS) is 9.90. The molecular weight excluding hydrogens is 220 g/mol. The number of alkyl halides is 1. The largest absolute Gasteiger partial charge is 0.223 e. The first kappa shape index (κ1) is 7.95. The molecule has 0 amide bonds. The van der Waals surface area contributed by atoms with Gasteiger partial charge in [-0.1, -0.05) is 15.9 Å². The topological polar surface area (TPSA) is 12.9 Å². The van der Waals surface area contributed by atoms with E-state index in [0.29, 0.717) is 10.2 Å². The van der Waals surface area contributed by atoms with E-state index in [0.717, 1.165) is 0 Å². The van der Waals surface area contributed by atoms with E-state index < -0.39 is 5.95 Å². The second-order valence-corrected chi connectivity index (χ2v) is 2.92. The Labute approximate surface area is 71.4 Å². The van der Waals surface area contributed by atoms with E-state index >= 15 is 0 Å². The maximum absolute atomic E-state index is 12.4. The van der Waals surface area contributed by atoms with Crippen LogP contribution in [0.3, 0.4) is 0 Å². The number of hydrogen-bond acceptors (Lipinski definition) is 1. The number of halogens is 3. The van der Waals surface area contributed by atoms with Crippen molar-refractivity contribution >= 4 is 27.5 Å². The van der Waals surface area contributed by atoms with Crippen LogP contribution in [-0.2, 0) is 5.88 Å². The summed E-state index contributed by atoms with van der Waals surface area (Å²) in [7, 11) is 0. The summed E-state index contributed by atoms with van der Waals surface area (Å²) in [5, 5.41) is 0. The first-order valence-corrected chi connectivity index (χ1v) is 3.93. The molecule has 0 aromatic carbocycles. The Balaban J connectivity index is 3.06. The molecule has 4 heteroatoms. The van der Waals surface area contributed by atoms with Gasteiger partial charge < -0.3 is 0 Å². The molecule has 0 N–H and O–H groups in total. The summed E-state index contributed by atoms with van der Waals surface area (Å²) >= 11 is 8.54. The van der Waals surface area contributed by atoms with E-state index in [1.165, 1.54) is 6.07 Å². The smallest absolute Gasteiger partial charge is 0.214 e. The fourth-order valence-corrected chi connectivity index (χ4v) is 1.17. The molecule has 0 unspecified atom stereocenters. The summed E-state index contributed by atoms with van der Waals surface area (Å²) in [6.07, 6.45) is 0. The SMILES string of the molecule is Fc1cc(Br)cc(CCl)n1. The van der Waals surface area contributed by atoms with Gasteiger partial charge in [0.05, 0.1) is 11.6 Å². The van der Waals surface area contributed by atoms with Crippen LogP contribution in [0.2, 0.25) is 0 Å². The average molecular weight is 224 g/mol. The van der Waals surface area contributed by atoms with Crippen LogP contribution in [0, 0.1) is 5.95 Å². The van der Waals surface area contributed by atoms with E-state index in [4.69, 9.17) is 11.6 Å². The number of nitrogens with zero attached hydrogens (tertiary/aromatic N) is 1. The first-order valence-electron chi connectivity index (χ1n) is 2.60. The fourth-order valence-electron chi connectivity index (χ4n) is 0.585. The summed E-state index contributed by atoms with van der Waals surface area (Å²) in [4.78, 5) is 3.52. The molecule has 1 rings (SSSR count). The number of hydrogen-bond donors (Lipinski definition) is 0. The van der Waals surface area contributed by atoms with E-state index in [2.05, 4.69) is 20.9 Å². The highest BCUT2D eigenvalue weighted by molar-refractivity contribution is 9.10. The summed E-state index contributed by atoms with van der Waals surface area (Å²) < 4.78 is 13.1. The van der Waals surface area contributed by atoms with Gasteiger partial charge in [-0.15, -0.1) is 11.6 Å². The van der Waals surface area contributed by atoms with Crippen LogP contribution in [0.15, 0.2) is 16.6 Å². The van der Waals surface area contributed by atoms with Gasteiger partial charge in [0.25, 0.3) is 0 Å². The lowest BCUT2D eigenvalue weighted by Crippen LogP contribution is -1.88. The Kier molecular flexibility index (Phi) is 2.63. The molecule has 1 nitrogen and oxygen atoms in total. The maximum Gasteiger partial charge on any atom is 0.214 e. The summed E-state index contributed by atoms with van der Waals surface area (Å²) in [6, 6.07) is 2.96. The van der Waals surface area contributed by atoms with Crippen LogP contribution in [0.1, 0.15) is 5.69 Å².